The van der Waals surface area contributed by atoms with Crippen LogP contribution in [-0.2, 0) is 16.1 Å². The number of hydrogen-bond acceptors (Lipinski definition) is 5. The Labute approximate surface area is 189 Å². The monoisotopic (exact) mass is 430 g/mol. The molecule has 0 saturated heterocycles. The minimum atomic E-state index is -0.0757. The van der Waals surface area contributed by atoms with Crippen LogP contribution in [0, 0.1) is 20.8 Å². The van der Waals surface area contributed by atoms with Crippen LogP contribution in [0.15, 0.2) is 76.3 Å². The Morgan fingerprint density at radius 2 is 1.78 bits per heavy atom. The minimum Gasteiger partial charge on any atom is -0.495 e. The molecular weight excluding hydrogens is 400 g/mol. The van der Waals surface area contributed by atoms with E-state index in [9.17, 15) is 0 Å². The van der Waals surface area contributed by atoms with Crippen molar-refractivity contribution in [2.24, 2.45) is 0 Å². The van der Waals surface area contributed by atoms with E-state index in [1.54, 1.807) is 7.11 Å². The van der Waals surface area contributed by atoms with Gasteiger partial charge in [-0.05, 0) is 56.9 Å². The summed E-state index contributed by atoms with van der Waals surface area (Å²) < 4.78 is 17.6. The van der Waals surface area contributed by atoms with Crippen LogP contribution in [0.2, 0.25) is 0 Å². The summed E-state index contributed by atoms with van der Waals surface area (Å²) in [6.45, 7) is 10.7. The highest BCUT2D eigenvalue weighted by atomic mass is 16.5. The Morgan fingerprint density at radius 1 is 1.03 bits per heavy atom. The smallest absolute Gasteiger partial charge is 0.235 e. The number of methoxy groups -OCH3 is 1. The lowest BCUT2D eigenvalue weighted by molar-refractivity contribution is 0.165. The molecular formula is C27H30N2O3. The molecule has 0 amide bonds. The molecule has 32 heavy (non-hydrogen) atoms. The van der Waals surface area contributed by atoms with E-state index in [0.717, 1.165) is 39.9 Å². The highest BCUT2D eigenvalue weighted by Gasteiger charge is 2.32. The molecule has 1 aromatic heterocycles. The highest BCUT2D eigenvalue weighted by Crippen LogP contribution is 2.35. The lowest BCUT2D eigenvalue weighted by Gasteiger charge is -2.34. The number of nitrogens with zero attached hydrogens (tertiary/aromatic N) is 2. The molecule has 1 aliphatic heterocycles. The normalized spacial score (nSPS) is 16.2. The van der Waals surface area contributed by atoms with Crippen LogP contribution >= 0.6 is 0 Å². The summed E-state index contributed by atoms with van der Waals surface area (Å²) >= 11 is 0. The van der Waals surface area contributed by atoms with Crippen molar-refractivity contribution in [2.45, 2.75) is 47.3 Å². The van der Waals surface area contributed by atoms with Crippen molar-refractivity contribution < 1.29 is 14.0 Å². The van der Waals surface area contributed by atoms with Crippen LogP contribution in [0.5, 0.6) is 0 Å². The Bertz CT molecular complexity index is 1170. The molecule has 0 N–H and O–H groups in total. The van der Waals surface area contributed by atoms with Crippen LogP contribution in [-0.4, -0.2) is 18.3 Å². The zero-order valence-electron chi connectivity index (χ0n) is 19.6. The molecule has 0 radical (unpaired) electrons. The molecule has 5 heteroatoms. The van der Waals surface area contributed by atoms with Gasteiger partial charge in [-0.15, -0.1) is 0 Å². The van der Waals surface area contributed by atoms with Crippen molar-refractivity contribution in [3.8, 4) is 11.1 Å². The third-order valence-electron chi connectivity index (χ3n) is 6.07. The van der Waals surface area contributed by atoms with Gasteiger partial charge in [0.05, 0.1) is 18.8 Å². The van der Waals surface area contributed by atoms with Crippen LogP contribution in [0.1, 0.15) is 36.2 Å². The van der Waals surface area contributed by atoms with Gasteiger partial charge in [0.1, 0.15) is 6.61 Å². The van der Waals surface area contributed by atoms with E-state index >= 15 is 0 Å². The Balaban J connectivity index is 1.55. The minimum absolute atomic E-state index is 0.0757. The third-order valence-corrected chi connectivity index (χ3v) is 6.07. The van der Waals surface area contributed by atoms with E-state index in [0.29, 0.717) is 6.61 Å². The SMILES string of the molecule is COC1=C(OCc2ccc(-c3ccccc3)c(C)c2)C=C(C)N(c2onc(C)c2C)C1C. The maximum atomic E-state index is 6.24. The first-order chi connectivity index (χ1) is 15.4. The lowest BCUT2D eigenvalue weighted by Crippen LogP contribution is -2.37. The second-order valence-corrected chi connectivity index (χ2v) is 8.27. The van der Waals surface area contributed by atoms with Crippen molar-refractivity contribution >= 4 is 5.88 Å². The molecule has 3 aromatic rings. The fourth-order valence-corrected chi connectivity index (χ4v) is 4.23. The fourth-order valence-electron chi connectivity index (χ4n) is 4.23. The molecule has 5 nitrogen and oxygen atoms in total. The van der Waals surface area contributed by atoms with Crippen molar-refractivity contribution in [2.75, 3.05) is 12.0 Å². The van der Waals surface area contributed by atoms with Gasteiger partial charge in [0.2, 0.25) is 5.88 Å². The van der Waals surface area contributed by atoms with Gasteiger partial charge in [-0.1, -0.05) is 53.7 Å². The summed E-state index contributed by atoms with van der Waals surface area (Å²) in [6.07, 6.45) is 2.00. The zero-order valence-corrected chi connectivity index (χ0v) is 19.6. The molecule has 0 spiro atoms. The van der Waals surface area contributed by atoms with Crippen LogP contribution < -0.4 is 4.90 Å². The van der Waals surface area contributed by atoms with Gasteiger partial charge in [0, 0.05) is 17.3 Å². The summed E-state index contributed by atoms with van der Waals surface area (Å²) in [5.41, 5.74) is 7.74. The summed E-state index contributed by atoms with van der Waals surface area (Å²) in [7, 11) is 1.68. The molecule has 1 atom stereocenters. The van der Waals surface area contributed by atoms with Crippen LogP contribution in [0.25, 0.3) is 11.1 Å². The highest BCUT2D eigenvalue weighted by molar-refractivity contribution is 5.67. The quantitative estimate of drug-likeness (QED) is 0.449. The van der Waals surface area contributed by atoms with Crippen molar-refractivity contribution in [1.82, 2.24) is 5.16 Å². The Kier molecular flexibility index (Phi) is 6.08. The van der Waals surface area contributed by atoms with E-state index in [-0.39, 0.29) is 6.04 Å². The van der Waals surface area contributed by atoms with E-state index in [4.69, 9.17) is 14.0 Å². The van der Waals surface area contributed by atoms with Crippen molar-refractivity contribution in [3.63, 3.8) is 0 Å². The van der Waals surface area contributed by atoms with Gasteiger partial charge in [-0.3, -0.25) is 0 Å². The summed E-state index contributed by atoms with van der Waals surface area (Å²) in [5.74, 6) is 2.25. The van der Waals surface area contributed by atoms with Crippen molar-refractivity contribution in [1.29, 1.82) is 0 Å². The van der Waals surface area contributed by atoms with Gasteiger partial charge in [0.15, 0.2) is 11.5 Å². The molecule has 0 bridgehead atoms. The zero-order chi connectivity index (χ0) is 22.8. The first-order valence-electron chi connectivity index (χ1n) is 10.9. The van der Waals surface area contributed by atoms with E-state index in [1.807, 2.05) is 32.9 Å². The van der Waals surface area contributed by atoms with Gasteiger partial charge < -0.3 is 18.9 Å². The molecule has 0 saturated carbocycles. The second kappa shape index (κ2) is 8.95. The molecule has 2 aromatic carbocycles. The van der Waals surface area contributed by atoms with Gasteiger partial charge in [-0.25, -0.2) is 0 Å². The number of allylic oxidation sites excluding steroid dienone is 2. The molecule has 1 unspecified atom stereocenters. The summed E-state index contributed by atoms with van der Waals surface area (Å²) in [5, 5.41) is 4.11. The maximum absolute atomic E-state index is 6.24. The Hall–Kier alpha value is -3.47. The van der Waals surface area contributed by atoms with E-state index in [2.05, 4.69) is 66.4 Å². The second-order valence-electron chi connectivity index (χ2n) is 8.27. The summed E-state index contributed by atoms with van der Waals surface area (Å²) in [4.78, 5) is 2.10. The van der Waals surface area contributed by atoms with Crippen LogP contribution in [0.4, 0.5) is 5.88 Å². The van der Waals surface area contributed by atoms with Crippen molar-refractivity contribution in [3.05, 3.63) is 94.2 Å². The average molecular weight is 431 g/mol. The molecule has 166 valence electrons. The standard InChI is InChI=1S/C27H30N2O3/c1-17-14-22(12-13-24(17)23-10-8-7-9-11-23)16-31-25-15-18(2)29(21(5)26(25)30-6)27-19(3)20(4)28-32-27/h7-15,21H,16H2,1-6H3. The number of aryl methyl sites for hydroxylation is 2. The first-order valence-corrected chi connectivity index (χ1v) is 10.9. The predicted molar refractivity (Wildman–Crippen MR) is 127 cm³/mol. The fraction of sp³-hybridized carbons (Fsp3) is 0.296. The topological polar surface area (TPSA) is 47.7 Å². The number of anilines is 1. The molecule has 1 aliphatic rings. The largest absolute Gasteiger partial charge is 0.495 e. The number of benzene rings is 2. The number of aromatic nitrogens is 1. The molecule has 0 fully saturated rings. The lowest BCUT2D eigenvalue weighted by atomic mass is 9.99. The number of ether oxygens (including phenoxy) is 2. The first kappa shape index (κ1) is 21.8. The van der Waals surface area contributed by atoms with E-state index < -0.39 is 0 Å². The summed E-state index contributed by atoms with van der Waals surface area (Å²) in [6, 6.07) is 16.8. The van der Waals surface area contributed by atoms with Gasteiger partial charge >= 0.3 is 0 Å². The average Bonchev–Trinajstić information content (AvgIpc) is 3.11. The number of hydrogen-bond donors (Lipinski definition) is 0. The van der Waals surface area contributed by atoms with Crippen LogP contribution in [0.3, 0.4) is 0 Å². The Morgan fingerprint density at radius 3 is 2.41 bits per heavy atom. The molecule has 2 heterocycles. The number of rotatable bonds is 6. The molecule has 4 rings (SSSR count). The van der Waals surface area contributed by atoms with Gasteiger partial charge in [0.25, 0.3) is 0 Å². The molecule has 0 aliphatic carbocycles. The van der Waals surface area contributed by atoms with E-state index in [1.165, 1.54) is 16.7 Å². The maximum Gasteiger partial charge on any atom is 0.235 e. The predicted octanol–water partition coefficient (Wildman–Crippen LogP) is 6.45. The van der Waals surface area contributed by atoms with Gasteiger partial charge in [-0.2, -0.15) is 0 Å². The third kappa shape index (κ3) is 4.03.